The van der Waals surface area contributed by atoms with Crippen LogP contribution in [0.25, 0.3) is 0 Å². The topological polar surface area (TPSA) is 67.4 Å². The van der Waals surface area contributed by atoms with Gasteiger partial charge in [0.05, 0.1) is 25.1 Å². The molecule has 0 radical (unpaired) electrons. The zero-order valence-electron chi connectivity index (χ0n) is 11.5. The second-order valence-corrected chi connectivity index (χ2v) is 6.45. The summed E-state index contributed by atoms with van der Waals surface area (Å²) in [5, 5.41) is 6.40. The summed E-state index contributed by atoms with van der Waals surface area (Å²) >= 11 is 1.92. The smallest absolute Gasteiger partial charge is 0.315 e. The second-order valence-electron chi connectivity index (χ2n) is 5.18. The third kappa shape index (κ3) is 3.35. The third-order valence-corrected chi connectivity index (χ3v) is 5.52. The number of amides is 2. The maximum Gasteiger partial charge on any atom is 0.315 e. The molecule has 2 rings (SSSR count). The molecule has 108 valence electrons. The highest BCUT2D eigenvalue weighted by molar-refractivity contribution is 8.00. The monoisotopic (exact) mass is 286 g/mol. The van der Waals surface area contributed by atoms with E-state index in [1.54, 1.807) is 0 Å². The highest BCUT2D eigenvalue weighted by Gasteiger charge is 2.42. The van der Waals surface area contributed by atoms with E-state index in [9.17, 15) is 9.59 Å². The molecule has 0 aromatic heterocycles. The second kappa shape index (κ2) is 6.50. The van der Waals surface area contributed by atoms with Gasteiger partial charge < -0.3 is 15.4 Å². The van der Waals surface area contributed by atoms with Gasteiger partial charge in [0.1, 0.15) is 0 Å². The number of thioether (sulfide) groups is 1. The highest BCUT2D eigenvalue weighted by atomic mass is 32.2. The molecule has 1 unspecified atom stereocenters. The van der Waals surface area contributed by atoms with Crippen LogP contribution in [0.5, 0.6) is 0 Å². The Balaban J connectivity index is 1.74. The van der Waals surface area contributed by atoms with Gasteiger partial charge in [0.25, 0.3) is 0 Å². The Kier molecular flexibility index (Phi) is 4.96. The summed E-state index contributed by atoms with van der Waals surface area (Å²) in [5.74, 6) is 0.904. The molecule has 0 aromatic carbocycles. The Labute approximate surface area is 118 Å². The van der Waals surface area contributed by atoms with Gasteiger partial charge in [-0.1, -0.05) is 13.3 Å². The van der Waals surface area contributed by atoms with Crippen molar-refractivity contribution in [3.63, 3.8) is 0 Å². The lowest BCUT2D eigenvalue weighted by atomic mass is 9.96. The summed E-state index contributed by atoms with van der Waals surface area (Å²) in [5.41, 5.74) is 0. The van der Waals surface area contributed by atoms with Crippen LogP contribution in [-0.4, -0.2) is 42.2 Å². The molecular weight excluding hydrogens is 264 g/mol. The summed E-state index contributed by atoms with van der Waals surface area (Å²) in [6.07, 6.45) is 3.75. The molecule has 19 heavy (non-hydrogen) atoms. The first-order chi connectivity index (χ1) is 9.15. The summed E-state index contributed by atoms with van der Waals surface area (Å²) in [7, 11) is 1.45. The largest absolute Gasteiger partial charge is 0.469 e. The average Bonchev–Trinajstić information content (AvgIpc) is 2.94. The normalized spacial score (nSPS) is 30.4. The van der Waals surface area contributed by atoms with E-state index in [0.29, 0.717) is 5.25 Å². The lowest BCUT2D eigenvalue weighted by Crippen LogP contribution is -2.36. The molecule has 0 bridgehead atoms. The molecule has 0 saturated carbocycles. The number of ether oxygens (including phenoxy) is 1. The van der Waals surface area contributed by atoms with E-state index < -0.39 is 0 Å². The van der Waals surface area contributed by atoms with Crippen LogP contribution in [0.4, 0.5) is 4.79 Å². The predicted octanol–water partition coefficient (Wildman–Crippen LogP) is 1.52. The van der Waals surface area contributed by atoms with E-state index in [-0.39, 0.29) is 30.0 Å². The molecule has 4 atom stereocenters. The molecule has 2 N–H and O–H groups in total. The number of rotatable bonds is 6. The van der Waals surface area contributed by atoms with E-state index in [1.807, 2.05) is 18.7 Å². The lowest BCUT2D eigenvalue weighted by Gasteiger charge is -2.18. The van der Waals surface area contributed by atoms with Crippen molar-refractivity contribution in [2.75, 3.05) is 12.9 Å². The van der Waals surface area contributed by atoms with Crippen LogP contribution in [0, 0.1) is 5.92 Å². The van der Waals surface area contributed by atoms with Gasteiger partial charge in [0, 0.05) is 11.0 Å². The molecule has 2 amide bonds. The van der Waals surface area contributed by atoms with Gasteiger partial charge in [0.15, 0.2) is 0 Å². The van der Waals surface area contributed by atoms with Gasteiger partial charge in [-0.05, 0) is 19.3 Å². The van der Waals surface area contributed by atoms with Gasteiger partial charge in [-0.3, -0.25) is 4.79 Å². The number of hydrogen-bond acceptors (Lipinski definition) is 4. The van der Waals surface area contributed by atoms with Crippen LogP contribution in [0.2, 0.25) is 0 Å². The first-order valence-electron chi connectivity index (χ1n) is 6.92. The molecule has 2 saturated heterocycles. The summed E-state index contributed by atoms with van der Waals surface area (Å²) in [6, 6.07) is 0.502. The molecule has 0 aromatic rings. The van der Waals surface area contributed by atoms with Crippen LogP contribution in [0.1, 0.15) is 32.6 Å². The fraction of sp³-hybridized carbons (Fsp3) is 0.846. The van der Waals surface area contributed by atoms with Crippen molar-refractivity contribution in [3.05, 3.63) is 0 Å². The van der Waals surface area contributed by atoms with Crippen LogP contribution < -0.4 is 10.6 Å². The summed E-state index contributed by atoms with van der Waals surface area (Å²) in [4.78, 5) is 22.8. The van der Waals surface area contributed by atoms with E-state index >= 15 is 0 Å². The van der Waals surface area contributed by atoms with Crippen molar-refractivity contribution in [3.8, 4) is 0 Å². The minimum atomic E-state index is -0.102. The molecule has 0 aliphatic carbocycles. The molecule has 2 heterocycles. The maximum atomic E-state index is 11.5. The minimum Gasteiger partial charge on any atom is -0.469 e. The lowest BCUT2D eigenvalue weighted by molar-refractivity contribution is -0.145. The third-order valence-electron chi connectivity index (χ3n) is 4.01. The van der Waals surface area contributed by atoms with E-state index in [2.05, 4.69) is 10.6 Å². The van der Waals surface area contributed by atoms with Crippen molar-refractivity contribution < 1.29 is 14.3 Å². The first-order valence-corrected chi connectivity index (χ1v) is 7.97. The Morgan fingerprint density at radius 3 is 3.00 bits per heavy atom. The number of carbonyl (C=O) groups is 2. The van der Waals surface area contributed by atoms with Gasteiger partial charge in [-0.2, -0.15) is 11.8 Å². The average molecular weight is 286 g/mol. The van der Waals surface area contributed by atoms with Crippen molar-refractivity contribution in [1.29, 1.82) is 0 Å². The van der Waals surface area contributed by atoms with Crippen LogP contribution >= 0.6 is 11.8 Å². The SMILES string of the molecule is CCC(CCC[C@@H]1SC[C@@H]2NC(=O)N[C@@H]21)C(=O)OC. The molecule has 2 aliphatic heterocycles. The van der Waals surface area contributed by atoms with Gasteiger partial charge in [-0.15, -0.1) is 0 Å². The number of fused-ring (bicyclic) bond motifs is 1. The predicted molar refractivity (Wildman–Crippen MR) is 75.1 cm³/mol. The van der Waals surface area contributed by atoms with Crippen molar-refractivity contribution in [2.45, 2.75) is 49.9 Å². The number of nitrogens with one attached hydrogen (secondary N) is 2. The molecule has 5 nitrogen and oxygen atoms in total. The minimum absolute atomic E-state index is 0.0171. The van der Waals surface area contributed by atoms with Gasteiger partial charge >= 0.3 is 12.0 Å². The van der Waals surface area contributed by atoms with Crippen LogP contribution in [0.3, 0.4) is 0 Å². The highest BCUT2D eigenvalue weighted by Crippen LogP contribution is 2.33. The van der Waals surface area contributed by atoms with Crippen molar-refractivity contribution in [2.24, 2.45) is 5.92 Å². The van der Waals surface area contributed by atoms with Gasteiger partial charge in [0.2, 0.25) is 0 Å². The summed E-state index contributed by atoms with van der Waals surface area (Å²) < 4.78 is 4.80. The Morgan fingerprint density at radius 2 is 2.32 bits per heavy atom. The standard InChI is InChI=1S/C13H22N2O3S/c1-3-8(12(16)18-2)5-4-6-10-11-9(7-19-10)14-13(17)15-11/h8-11H,3-7H2,1-2H3,(H2,14,15,17)/t8?,9-,10-,11-/m0/s1. The molecule has 2 fully saturated rings. The first kappa shape index (κ1) is 14.5. The van der Waals surface area contributed by atoms with E-state index in [4.69, 9.17) is 4.74 Å². The van der Waals surface area contributed by atoms with Crippen molar-refractivity contribution in [1.82, 2.24) is 10.6 Å². The van der Waals surface area contributed by atoms with E-state index in [1.165, 1.54) is 7.11 Å². The van der Waals surface area contributed by atoms with Crippen molar-refractivity contribution >= 4 is 23.8 Å². The zero-order chi connectivity index (χ0) is 13.8. The number of hydrogen-bond donors (Lipinski definition) is 2. The summed E-state index contributed by atoms with van der Waals surface area (Å²) in [6.45, 7) is 2.02. The Bertz CT molecular complexity index is 351. The maximum absolute atomic E-state index is 11.5. The number of esters is 1. The zero-order valence-corrected chi connectivity index (χ0v) is 12.3. The quantitative estimate of drug-likeness (QED) is 0.574. The number of urea groups is 1. The van der Waals surface area contributed by atoms with E-state index in [0.717, 1.165) is 31.4 Å². The molecular formula is C13H22N2O3S. The fourth-order valence-corrected chi connectivity index (χ4v) is 4.41. The fourth-order valence-electron chi connectivity index (χ4n) is 2.86. The molecule has 2 aliphatic rings. The molecule has 6 heteroatoms. The van der Waals surface area contributed by atoms with Gasteiger partial charge in [-0.25, -0.2) is 4.79 Å². The van der Waals surface area contributed by atoms with Crippen LogP contribution in [-0.2, 0) is 9.53 Å². The number of methoxy groups -OCH3 is 1. The van der Waals surface area contributed by atoms with Crippen LogP contribution in [0.15, 0.2) is 0 Å². The molecule has 0 spiro atoms. The Hall–Kier alpha value is -0.910. The number of carbonyl (C=O) groups excluding carboxylic acids is 2. The Morgan fingerprint density at radius 1 is 1.53 bits per heavy atom.